The molecule has 2 aromatic rings. The SMILES string of the molecule is Cc1ccc(OCC(=O)NN=Cc2ccc([N+](=O)[O-])cc2)c(Br)c1. The van der Waals surface area contributed by atoms with E-state index in [0.717, 1.165) is 10.0 Å². The van der Waals surface area contributed by atoms with Gasteiger partial charge in [0.2, 0.25) is 0 Å². The molecule has 8 heteroatoms. The quantitative estimate of drug-likeness (QED) is 0.464. The Morgan fingerprint density at radius 2 is 2.04 bits per heavy atom. The van der Waals surface area contributed by atoms with Crippen LogP contribution in [0.4, 0.5) is 5.69 Å². The molecular formula is C16H14BrN3O4. The van der Waals surface area contributed by atoms with Crippen LogP contribution in [0.15, 0.2) is 52.0 Å². The largest absolute Gasteiger partial charge is 0.483 e. The normalized spacial score (nSPS) is 10.6. The molecule has 0 aliphatic rings. The van der Waals surface area contributed by atoms with Crippen molar-refractivity contribution in [3.8, 4) is 5.75 Å². The minimum absolute atomic E-state index is 0.00624. The maximum absolute atomic E-state index is 11.7. The van der Waals surface area contributed by atoms with Gasteiger partial charge in [-0.25, -0.2) is 5.43 Å². The number of nitro benzene ring substituents is 1. The second kappa shape index (κ2) is 8.21. The zero-order valence-electron chi connectivity index (χ0n) is 12.7. The number of amides is 1. The van der Waals surface area contributed by atoms with Gasteiger partial charge in [-0.3, -0.25) is 14.9 Å². The van der Waals surface area contributed by atoms with Crippen LogP contribution in [-0.2, 0) is 4.79 Å². The number of rotatable bonds is 6. The Balaban J connectivity index is 1.83. The molecule has 0 fully saturated rings. The Labute approximate surface area is 146 Å². The maximum atomic E-state index is 11.7. The fourth-order valence-electron chi connectivity index (χ4n) is 1.76. The third-order valence-corrected chi connectivity index (χ3v) is 3.57. The minimum Gasteiger partial charge on any atom is -0.483 e. The summed E-state index contributed by atoms with van der Waals surface area (Å²) in [6.45, 7) is 1.77. The summed E-state index contributed by atoms with van der Waals surface area (Å²) in [6, 6.07) is 11.3. The number of hydrogen-bond acceptors (Lipinski definition) is 5. The van der Waals surface area contributed by atoms with Crippen molar-refractivity contribution in [2.75, 3.05) is 6.61 Å². The van der Waals surface area contributed by atoms with Crippen molar-refractivity contribution >= 4 is 33.7 Å². The van der Waals surface area contributed by atoms with Gasteiger partial charge in [-0.2, -0.15) is 5.10 Å². The number of halogens is 1. The number of hydrazone groups is 1. The third-order valence-electron chi connectivity index (χ3n) is 2.95. The lowest BCUT2D eigenvalue weighted by atomic mass is 10.2. The highest BCUT2D eigenvalue weighted by molar-refractivity contribution is 9.10. The van der Waals surface area contributed by atoms with Crippen LogP contribution in [0, 0.1) is 17.0 Å². The first-order valence-electron chi connectivity index (χ1n) is 6.91. The van der Waals surface area contributed by atoms with E-state index in [0.29, 0.717) is 11.3 Å². The van der Waals surface area contributed by atoms with Gasteiger partial charge in [0.1, 0.15) is 5.75 Å². The first-order chi connectivity index (χ1) is 11.5. The molecular weight excluding hydrogens is 378 g/mol. The Morgan fingerprint density at radius 1 is 1.33 bits per heavy atom. The number of non-ortho nitro benzene ring substituents is 1. The number of carbonyl (C=O) groups excluding carboxylic acids is 1. The van der Waals surface area contributed by atoms with E-state index in [9.17, 15) is 14.9 Å². The Hall–Kier alpha value is -2.74. The second-order valence-electron chi connectivity index (χ2n) is 4.86. The van der Waals surface area contributed by atoms with Gasteiger partial charge in [0, 0.05) is 12.1 Å². The summed E-state index contributed by atoms with van der Waals surface area (Å²) in [5, 5.41) is 14.3. The minimum atomic E-state index is -0.483. The van der Waals surface area contributed by atoms with E-state index >= 15 is 0 Å². The number of benzene rings is 2. The van der Waals surface area contributed by atoms with Gasteiger partial charge < -0.3 is 4.74 Å². The number of ether oxygens (including phenoxy) is 1. The van der Waals surface area contributed by atoms with Crippen LogP contribution < -0.4 is 10.2 Å². The fourth-order valence-corrected chi connectivity index (χ4v) is 2.37. The lowest BCUT2D eigenvalue weighted by Crippen LogP contribution is -2.24. The van der Waals surface area contributed by atoms with E-state index < -0.39 is 10.8 Å². The van der Waals surface area contributed by atoms with Crippen LogP contribution in [0.5, 0.6) is 5.75 Å². The summed E-state index contributed by atoms with van der Waals surface area (Å²) in [5.41, 5.74) is 4.02. The van der Waals surface area contributed by atoms with E-state index in [1.54, 1.807) is 6.07 Å². The van der Waals surface area contributed by atoms with E-state index in [1.165, 1.54) is 30.5 Å². The van der Waals surface area contributed by atoms with E-state index in [4.69, 9.17) is 4.74 Å². The molecule has 0 bridgehead atoms. The molecule has 24 heavy (non-hydrogen) atoms. The molecule has 124 valence electrons. The zero-order valence-corrected chi connectivity index (χ0v) is 14.3. The van der Waals surface area contributed by atoms with Crippen molar-refractivity contribution in [2.24, 2.45) is 5.10 Å². The van der Waals surface area contributed by atoms with Gasteiger partial charge in [-0.05, 0) is 58.2 Å². The van der Waals surface area contributed by atoms with E-state index in [-0.39, 0.29) is 12.3 Å². The first-order valence-corrected chi connectivity index (χ1v) is 7.70. The maximum Gasteiger partial charge on any atom is 0.277 e. The summed E-state index contributed by atoms with van der Waals surface area (Å²) in [5.74, 6) is 0.149. The topological polar surface area (TPSA) is 93.8 Å². The zero-order chi connectivity index (χ0) is 17.5. The predicted octanol–water partition coefficient (Wildman–Crippen LogP) is 3.19. The monoisotopic (exact) mass is 391 g/mol. The molecule has 0 spiro atoms. The standard InChI is InChI=1S/C16H14BrN3O4/c1-11-2-7-15(14(17)8-11)24-10-16(21)19-18-9-12-3-5-13(6-4-12)20(22)23/h2-9H,10H2,1H3,(H,19,21). The first kappa shape index (κ1) is 17.6. The lowest BCUT2D eigenvalue weighted by molar-refractivity contribution is -0.384. The highest BCUT2D eigenvalue weighted by Crippen LogP contribution is 2.25. The van der Waals surface area contributed by atoms with Gasteiger partial charge in [0.15, 0.2) is 6.61 Å². The molecule has 0 unspecified atom stereocenters. The van der Waals surface area contributed by atoms with Crippen LogP contribution in [0.2, 0.25) is 0 Å². The van der Waals surface area contributed by atoms with Crippen molar-refractivity contribution in [2.45, 2.75) is 6.92 Å². The van der Waals surface area contributed by atoms with Crippen molar-refractivity contribution in [3.05, 3.63) is 68.2 Å². The second-order valence-corrected chi connectivity index (χ2v) is 5.72. The van der Waals surface area contributed by atoms with Crippen LogP contribution in [0.1, 0.15) is 11.1 Å². The third kappa shape index (κ3) is 5.17. The van der Waals surface area contributed by atoms with E-state index in [1.807, 2.05) is 19.1 Å². The smallest absolute Gasteiger partial charge is 0.277 e. The highest BCUT2D eigenvalue weighted by Gasteiger charge is 2.05. The number of nitro groups is 1. The number of hydrogen-bond donors (Lipinski definition) is 1. The molecule has 1 amide bonds. The summed E-state index contributed by atoms with van der Waals surface area (Å²) < 4.78 is 6.16. The number of nitrogens with zero attached hydrogens (tertiary/aromatic N) is 2. The van der Waals surface area contributed by atoms with Crippen molar-refractivity contribution in [1.82, 2.24) is 5.43 Å². The Bertz CT molecular complexity index is 775. The number of carbonyl (C=O) groups is 1. The molecule has 0 radical (unpaired) electrons. The molecule has 0 aromatic heterocycles. The predicted molar refractivity (Wildman–Crippen MR) is 93.2 cm³/mol. The van der Waals surface area contributed by atoms with Gasteiger partial charge in [0.05, 0.1) is 15.6 Å². The van der Waals surface area contributed by atoms with Crippen molar-refractivity contribution in [1.29, 1.82) is 0 Å². The summed E-state index contributed by atoms with van der Waals surface area (Å²) in [6.07, 6.45) is 1.39. The van der Waals surface area contributed by atoms with Gasteiger partial charge in [-0.1, -0.05) is 6.07 Å². The molecule has 0 aliphatic heterocycles. The van der Waals surface area contributed by atoms with Crippen LogP contribution >= 0.6 is 15.9 Å². The van der Waals surface area contributed by atoms with Gasteiger partial charge in [0.25, 0.3) is 11.6 Å². The summed E-state index contributed by atoms with van der Waals surface area (Å²) in [4.78, 5) is 21.7. The average molecular weight is 392 g/mol. The summed E-state index contributed by atoms with van der Waals surface area (Å²) in [7, 11) is 0. The Morgan fingerprint density at radius 3 is 2.67 bits per heavy atom. The van der Waals surface area contributed by atoms with Gasteiger partial charge in [-0.15, -0.1) is 0 Å². The fraction of sp³-hybridized carbons (Fsp3) is 0.125. The molecule has 2 aromatic carbocycles. The van der Waals surface area contributed by atoms with Crippen LogP contribution in [-0.4, -0.2) is 23.7 Å². The van der Waals surface area contributed by atoms with Crippen molar-refractivity contribution in [3.63, 3.8) is 0 Å². The van der Waals surface area contributed by atoms with Gasteiger partial charge >= 0.3 is 0 Å². The Kier molecular flexibility index (Phi) is 6.02. The van der Waals surface area contributed by atoms with Crippen LogP contribution in [0.3, 0.4) is 0 Å². The molecule has 7 nitrogen and oxygen atoms in total. The molecule has 0 saturated carbocycles. The molecule has 2 rings (SSSR count). The van der Waals surface area contributed by atoms with E-state index in [2.05, 4.69) is 26.5 Å². The lowest BCUT2D eigenvalue weighted by Gasteiger charge is -2.07. The van der Waals surface area contributed by atoms with Crippen LogP contribution in [0.25, 0.3) is 0 Å². The molecule has 0 atom stereocenters. The molecule has 1 N–H and O–H groups in total. The number of aryl methyl sites for hydroxylation is 1. The highest BCUT2D eigenvalue weighted by atomic mass is 79.9. The average Bonchev–Trinajstić information content (AvgIpc) is 2.54. The molecule has 0 aliphatic carbocycles. The van der Waals surface area contributed by atoms with Crippen molar-refractivity contribution < 1.29 is 14.5 Å². The molecule has 0 saturated heterocycles. The number of nitrogens with one attached hydrogen (secondary N) is 1. The summed E-state index contributed by atoms with van der Waals surface area (Å²) >= 11 is 3.36. The molecule has 0 heterocycles.